The lowest BCUT2D eigenvalue weighted by Gasteiger charge is -2.34. The monoisotopic (exact) mass is 424 g/mol. The van der Waals surface area contributed by atoms with Gasteiger partial charge in [-0.1, -0.05) is 33.3 Å². The molecule has 3 atom stereocenters. The molecule has 2 heterocycles. The average molecular weight is 425 g/mol. The highest BCUT2D eigenvalue weighted by Crippen LogP contribution is 2.32. The van der Waals surface area contributed by atoms with E-state index in [2.05, 4.69) is 42.0 Å². The molecular weight excluding hydrogens is 392 g/mol. The third-order valence-corrected chi connectivity index (χ3v) is 6.26. The van der Waals surface area contributed by atoms with Gasteiger partial charge in [0.05, 0.1) is 11.6 Å². The summed E-state index contributed by atoms with van der Waals surface area (Å²) in [6.45, 7) is 10.2. The highest BCUT2D eigenvalue weighted by molar-refractivity contribution is 5.99. The molecule has 4 rings (SSSR count). The van der Waals surface area contributed by atoms with E-state index in [0.717, 1.165) is 36.2 Å². The number of anilines is 2. The van der Waals surface area contributed by atoms with Gasteiger partial charge in [0.1, 0.15) is 5.82 Å². The van der Waals surface area contributed by atoms with E-state index in [4.69, 9.17) is 5.10 Å². The zero-order valence-corrected chi connectivity index (χ0v) is 18.9. The van der Waals surface area contributed by atoms with Crippen molar-refractivity contribution >= 4 is 23.4 Å². The van der Waals surface area contributed by atoms with E-state index < -0.39 is 6.29 Å². The molecule has 1 saturated heterocycles. The van der Waals surface area contributed by atoms with Crippen LogP contribution < -0.4 is 21.3 Å². The Morgan fingerprint density at radius 2 is 1.90 bits per heavy atom. The first-order valence-corrected chi connectivity index (χ1v) is 10.9. The van der Waals surface area contributed by atoms with E-state index in [1.165, 1.54) is 5.56 Å². The van der Waals surface area contributed by atoms with Crippen molar-refractivity contribution in [2.75, 3.05) is 10.6 Å². The van der Waals surface area contributed by atoms with Gasteiger partial charge in [0.2, 0.25) is 5.91 Å². The van der Waals surface area contributed by atoms with E-state index in [-0.39, 0.29) is 29.3 Å². The number of carbonyl (C=O) groups excluding carboxylic acids is 2. The lowest BCUT2D eigenvalue weighted by molar-refractivity contribution is -0.130. The molecule has 1 saturated carbocycles. The Morgan fingerprint density at radius 1 is 1.13 bits per heavy atom. The Kier molecular flexibility index (Phi) is 5.51. The minimum Gasteiger partial charge on any atom is -0.322 e. The van der Waals surface area contributed by atoms with Gasteiger partial charge in [-0.15, -0.1) is 0 Å². The predicted octanol–water partition coefficient (Wildman–Crippen LogP) is 3.79. The van der Waals surface area contributed by atoms with Crippen molar-refractivity contribution in [1.82, 2.24) is 20.4 Å². The van der Waals surface area contributed by atoms with Crippen molar-refractivity contribution in [2.45, 2.75) is 71.6 Å². The van der Waals surface area contributed by atoms with Crippen molar-refractivity contribution in [3.63, 3.8) is 0 Å². The predicted molar refractivity (Wildman–Crippen MR) is 121 cm³/mol. The van der Waals surface area contributed by atoms with Crippen molar-refractivity contribution in [1.29, 1.82) is 0 Å². The van der Waals surface area contributed by atoms with Crippen LogP contribution in [0.15, 0.2) is 24.3 Å². The highest BCUT2D eigenvalue weighted by Gasteiger charge is 2.40. The summed E-state index contributed by atoms with van der Waals surface area (Å²) in [7, 11) is 0. The summed E-state index contributed by atoms with van der Waals surface area (Å²) in [5, 5.41) is 17.1. The molecule has 0 bridgehead atoms. The smallest absolute Gasteiger partial charge is 0.322 e. The van der Waals surface area contributed by atoms with E-state index in [0.29, 0.717) is 5.82 Å². The van der Waals surface area contributed by atoms with Crippen LogP contribution in [0.2, 0.25) is 0 Å². The van der Waals surface area contributed by atoms with Crippen LogP contribution in [0.25, 0.3) is 0 Å². The molecule has 8 nitrogen and oxygen atoms in total. The molecule has 2 aromatic rings. The number of aromatic nitrogens is 2. The Balaban J connectivity index is 1.57. The normalized spacial score (nSPS) is 23.3. The number of urea groups is 1. The Bertz CT molecular complexity index is 1010. The fourth-order valence-corrected chi connectivity index (χ4v) is 4.24. The van der Waals surface area contributed by atoms with Crippen molar-refractivity contribution in [3.8, 4) is 0 Å². The number of nitrogens with zero attached hydrogens (tertiary/aromatic N) is 2. The summed E-state index contributed by atoms with van der Waals surface area (Å²) in [6.07, 6.45) is 2.42. The number of amides is 3. The first kappa shape index (κ1) is 21.4. The van der Waals surface area contributed by atoms with Crippen LogP contribution in [-0.2, 0) is 10.2 Å². The van der Waals surface area contributed by atoms with Crippen LogP contribution in [0.4, 0.5) is 16.3 Å². The Labute approximate surface area is 183 Å². The second-order valence-electron chi connectivity index (χ2n) is 9.71. The van der Waals surface area contributed by atoms with Gasteiger partial charge in [0, 0.05) is 23.2 Å². The minimum atomic E-state index is -0.500. The number of aryl methyl sites for hydroxylation is 2. The summed E-state index contributed by atoms with van der Waals surface area (Å²) in [5.41, 5.74) is 3.63. The Morgan fingerprint density at radius 3 is 2.61 bits per heavy atom. The fraction of sp³-hybridized carbons (Fsp3) is 0.522. The van der Waals surface area contributed by atoms with E-state index in [1.54, 1.807) is 4.68 Å². The molecule has 2 aliphatic rings. The Hall–Kier alpha value is -2.87. The molecule has 1 aromatic heterocycles. The number of hydrogen-bond acceptors (Lipinski definition) is 4. The number of rotatable bonds is 3. The quantitative estimate of drug-likeness (QED) is 0.602. The average Bonchev–Trinajstić information content (AvgIpc) is 3.31. The van der Waals surface area contributed by atoms with Crippen LogP contribution in [0.5, 0.6) is 0 Å². The number of benzene rings is 1. The topological polar surface area (TPSA) is 100 Å². The molecule has 2 fully saturated rings. The fourth-order valence-electron chi connectivity index (χ4n) is 4.24. The zero-order chi connectivity index (χ0) is 22.3. The summed E-state index contributed by atoms with van der Waals surface area (Å²) in [5.74, 6) is 0.587. The molecule has 1 aliphatic heterocycles. The van der Waals surface area contributed by atoms with E-state index in [9.17, 15) is 9.59 Å². The third-order valence-electron chi connectivity index (χ3n) is 6.26. The maximum Gasteiger partial charge on any atom is 0.324 e. The van der Waals surface area contributed by atoms with Gasteiger partial charge in [-0.2, -0.15) is 5.10 Å². The van der Waals surface area contributed by atoms with Crippen molar-refractivity contribution in [2.24, 2.45) is 5.92 Å². The van der Waals surface area contributed by atoms with Crippen molar-refractivity contribution in [3.05, 3.63) is 41.1 Å². The molecular formula is C23H32N6O2. The van der Waals surface area contributed by atoms with Crippen LogP contribution in [0.3, 0.4) is 0 Å². The second kappa shape index (κ2) is 8.00. The van der Waals surface area contributed by atoms with Crippen LogP contribution in [0.1, 0.15) is 63.1 Å². The first-order valence-electron chi connectivity index (χ1n) is 10.9. The second-order valence-corrected chi connectivity index (χ2v) is 9.71. The molecule has 8 heteroatoms. The lowest BCUT2D eigenvalue weighted by Crippen LogP contribution is -2.57. The SMILES string of the molecule is Cc1ccc(NC(=O)Nc2cc(C(C)(C)C)nn2C2NC(=O)C3CCCC3N2)cc1C. The van der Waals surface area contributed by atoms with Gasteiger partial charge >= 0.3 is 6.03 Å². The standard InChI is InChI=1S/C23H32N6O2/c1-13-9-10-15(11-14(13)2)24-22(31)26-19-12-18(23(3,4)5)28-29(19)21-25-17-8-6-7-16(17)20(30)27-21/h9-12,16-17,21,25H,6-8H2,1-5H3,(H,27,30)(H2,24,26,31). The van der Waals surface area contributed by atoms with E-state index >= 15 is 0 Å². The maximum atomic E-state index is 12.7. The molecule has 31 heavy (non-hydrogen) atoms. The number of fused-ring (bicyclic) bond motifs is 1. The van der Waals surface area contributed by atoms with Gasteiger partial charge in [-0.05, 0) is 49.9 Å². The molecule has 3 amide bonds. The minimum absolute atomic E-state index is 0.0124. The summed E-state index contributed by atoms with van der Waals surface area (Å²) in [4.78, 5) is 25.4. The van der Waals surface area contributed by atoms with Crippen LogP contribution in [0, 0.1) is 19.8 Å². The van der Waals surface area contributed by atoms with Gasteiger partial charge in [-0.25, -0.2) is 9.48 Å². The molecule has 1 aliphatic carbocycles. The maximum absolute atomic E-state index is 12.7. The largest absolute Gasteiger partial charge is 0.324 e. The number of hydrogen-bond donors (Lipinski definition) is 4. The molecule has 0 radical (unpaired) electrons. The van der Waals surface area contributed by atoms with Crippen molar-refractivity contribution < 1.29 is 9.59 Å². The summed E-state index contributed by atoms with van der Waals surface area (Å²) < 4.78 is 1.67. The van der Waals surface area contributed by atoms with Gasteiger partial charge in [0.25, 0.3) is 0 Å². The van der Waals surface area contributed by atoms with E-state index in [1.807, 2.05) is 38.1 Å². The summed E-state index contributed by atoms with van der Waals surface area (Å²) in [6, 6.07) is 7.45. The summed E-state index contributed by atoms with van der Waals surface area (Å²) >= 11 is 0. The third kappa shape index (κ3) is 4.44. The highest BCUT2D eigenvalue weighted by atomic mass is 16.2. The molecule has 3 unspecified atom stereocenters. The van der Waals surface area contributed by atoms with Gasteiger partial charge < -0.3 is 10.6 Å². The van der Waals surface area contributed by atoms with Gasteiger partial charge in [-0.3, -0.25) is 15.4 Å². The van der Waals surface area contributed by atoms with Crippen LogP contribution >= 0.6 is 0 Å². The lowest BCUT2D eigenvalue weighted by atomic mass is 9.92. The number of nitrogens with one attached hydrogen (secondary N) is 4. The number of carbonyl (C=O) groups is 2. The van der Waals surface area contributed by atoms with Crippen LogP contribution in [-0.4, -0.2) is 27.8 Å². The zero-order valence-electron chi connectivity index (χ0n) is 18.9. The van der Waals surface area contributed by atoms with Gasteiger partial charge in [0.15, 0.2) is 6.29 Å². The molecule has 4 N–H and O–H groups in total. The molecule has 0 spiro atoms. The molecule has 1 aromatic carbocycles. The first-order chi connectivity index (χ1) is 14.6. The molecule has 166 valence electrons.